The van der Waals surface area contributed by atoms with Crippen molar-refractivity contribution >= 4 is 18.3 Å². The van der Waals surface area contributed by atoms with Crippen LogP contribution >= 0.6 is 12.4 Å². The smallest absolute Gasteiger partial charge is 0.222 e. The molecule has 0 saturated carbocycles. The second-order valence-corrected chi connectivity index (χ2v) is 2.97. The molecule has 1 aliphatic heterocycles. The van der Waals surface area contributed by atoms with Gasteiger partial charge >= 0.3 is 0 Å². The zero-order chi connectivity index (χ0) is 8.27. The fourth-order valence-corrected chi connectivity index (χ4v) is 1.34. The maximum Gasteiger partial charge on any atom is 0.222 e. The molecule has 0 aromatic carbocycles. The van der Waals surface area contributed by atoms with E-state index in [9.17, 15) is 4.79 Å². The number of likely N-dealkylation sites (tertiary alicyclic amines) is 1. The first-order valence-electron chi connectivity index (χ1n) is 4.20. The zero-order valence-corrected chi connectivity index (χ0v) is 8.14. The van der Waals surface area contributed by atoms with E-state index in [0.717, 1.165) is 25.9 Å². The number of nitrogens with zero attached hydrogens (tertiary/aromatic N) is 1. The van der Waals surface area contributed by atoms with Crippen LogP contribution in [-0.4, -0.2) is 35.1 Å². The van der Waals surface area contributed by atoms with Gasteiger partial charge in [0.05, 0.1) is 6.10 Å². The molecule has 1 saturated heterocycles. The predicted octanol–water partition coefficient (Wildman–Crippen LogP) is 0.801. The van der Waals surface area contributed by atoms with Crippen molar-refractivity contribution in [3.63, 3.8) is 0 Å². The van der Waals surface area contributed by atoms with Crippen LogP contribution in [-0.2, 0) is 4.79 Å². The summed E-state index contributed by atoms with van der Waals surface area (Å²) in [7, 11) is 0. The van der Waals surface area contributed by atoms with Gasteiger partial charge in [0.1, 0.15) is 0 Å². The number of carbonyl (C=O) groups is 1. The number of aliphatic hydroxyl groups is 1. The molecule has 4 heteroatoms. The first-order valence-corrected chi connectivity index (χ1v) is 4.20. The first-order chi connectivity index (χ1) is 5.24. The highest BCUT2D eigenvalue weighted by Crippen LogP contribution is 2.10. The van der Waals surface area contributed by atoms with Crippen LogP contribution in [0.3, 0.4) is 0 Å². The summed E-state index contributed by atoms with van der Waals surface area (Å²) in [5.74, 6) is 0.205. The molecule has 1 fully saturated rings. The summed E-state index contributed by atoms with van der Waals surface area (Å²) in [5.41, 5.74) is 0. The van der Waals surface area contributed by atoms with Crippen LogP contribution in [0.4, 0.5) is 0 Å². The summed E-state index contributed by atoms with van der Waals surface area (Å²) >= 11 is 0. The minimum absolute atomic E-state index is 0. The highest BCUT2D eigenvalue weighted by atomic mass is 35.5. The topological polar surface area (TPSA) is 40.5 Å². The Morgan fingerprint density at radius 1 is 1.50 bits per heavy atom. The molecule has 0 aromatic rings. The lowest BCUT2D eigenvalue weighted by molar-refractivity contribution is -0.132. The van der Waals surface area contributed by atoms with Crippen molar-refractivity contribution in [3.8, 4) is 0 Å². The van der Waals surface area contributed by atoms with Crippen LogP contribution in [0.1, 0.15) is 26.2 Å². The van der Waals surface area contributed by atoms with E-state index in [1.54, 1.807) is 0 Å². The molecule has 0 bridgehead atoms. The van der Waals surface area contributed by atoms with Gasteiger partial charge < -0.3 is 10.0 Å². The third-order valence-corrected chi connectivity index (χ3v) is 2.12. The van der Waals surface area contributed by atoms with Crippen LogP contribution in [0.5, 0.6) is 0 Å². The molecule has 0 atom stereocenters. The second-order valence-electron chi connectivity index (χ2n) is 2.97. The molecule has 1 N–H and O–H groups in total. The van der Waals surface area contributed by atoms with Crippen LogP contribution in [0.15, 0.2) is 0 Å². The lowest BCUT2D eigenvalue weighted by atomic mass is 10.1. The van der Waals surface area contributed by atoms with Gasteiger partial charge in [-0.3, -0.25) is 4.79 Å². The van der Waals surface area contributed by atoms with Gasteiger partial charge in [-0.25, -0.2) is 0 Å². The van der Waals surface area contributed by atoms with E-state index in [-0.39, 0.29) is 24.4 Å². The predicted molar refractivity (Wildman–Crippen MR) is 49.4 cm³/mol. The van der Waals surface area contributed by atoms with E-state index in [1.807, 2.05) is 11.8 Å². The fourth-order valence-electron chi connectivity index (χ4n) is 1.34. The van der Waals surface area contributed by atoms with Crippen LogP contribution < -0.4 is 0 Å². The molecule has 12 heavy (non-hydrogen) atoms. The van der Waals surface area contributed by atoms with Crippen molar-refractivity contribution in [3.05, 3.63) is 0 Å². The highest BCUT2D eigenvalue weighted by molar-refractivity contribution is 5.85. The van der Waals surface area contributed by atoms with E-state index < -0.39 is 0 Å². The number of rotatable bonds is 1. The van der Waals surface area contributed by atoms with Crippen molar-refractivity contribution < 1.29 is 9.90 Å². The Kier molecular flexibility index (Phi) is 5.25. The molecule has 0 aliphatic carbocycles. The molecule has 0 spiro atoms. The first kappa shape index (κ1) is 11.7. The normalized spacial score (nSPS) is 18.7. The average molecular weight is 194 g/mol. The maximum atomic E-state index is 11.1. The Labute approximate surface area is 79.2 Å². The van der Waals surface area contributed by atoms with Gasteiger partial charge in [0, 0.05) is 19.5 Å². The molecule has 1 aliphatic rings. The van der Waals surface area contributed by atoms with Gasteiger partial charge in [-0.05, 0) is 12.8 Å². The standard InChI is InChI=1S/C8H15NO2.ClH/c1-2-8(11)9-5-3-7(10)4-6-9;/h7,10H,2-6H2,1H3;1H. The maximum absolute atomic E-state index is 11.1. The van der Waals surface area contributed by atoms with Crippen molar-refractivity contribution in [2.24, 2.45) is 0 Å². The third kappa shape index (κ3) is 2.99. The number of halogens is 1. The van der Waals surface area contributed by atoms with Gasteiger partial charge in [-0.15, -0.1) is 12.4 Å². The number of aliphatic hydroxyl groups excluding tert-OH is 1. The van der Waals surface area contributed by atoms with E-state index in [1.165, 1.54) is 0 Å². The number of hydrogen-bond donors (Lipinski definition) is 1. The van der Waals surface area contributed by atoms with Gasteiger partial charge in [0.15, 0.2) is 0 Å². The fraction of sp³-hybridized carbons (Fsp3) is 0.875. The lowest BCUT2D eigenvalue weighted by Crippen LogP contribution is -2.39. The van der Waals surface area contributed by atoms with Crippen LogP contribution in [0.2, 0.25) is 0 Å². The van der Waals surface area contributed by atoms with E-state index >= 15 is 0 Å². The van der Waals surface area contributed by atoms with Crippen molar-refractivity contribution in [1.29, 1.82) is 0 Å². The van der Waals surface area contributed by atoms with E-state index in [4.69, 9.17) is 5.11 Å². The summed E-state index contributed by atoms with van der Waals surface area (Å²) in [6.07, 6.45) is 1.88. The summed E-state index contributed by atoms with van der Waals surface area (Å²) < 4.78 is 0. The van der Waals surface area contributed by atoms with Crippen molar-refractivity contribution in [2.45, 2.75) is 32.3 Å². The highest BCUT2D eigenvalue weighted by Gasteiger charge is 2.19. The largest absolute Gasteiger partial charge is 0.393 e. The number of hydrogen-bond acceptors (Lipinski definition) is 2. The van der Waals surface area contributed by atoms with Gasteiger partial charge in [0.25, 0.3) is 0 Å². The Balaban J connectivity index is 0.00000121. The van der Waals surface area contributed by atoms with Crippen molar-refractivity contribution in [2.75, 3.05) is 13.1 Å². The minimum atomic E-state index is -0.184. The molecule has 0 radical (unpaired) electrons. The van der Waals surface area contributed by atoms with Gasteiger partial charge in [-0.2, -0.15) is 0 Å². The molecule has 0 aromatic heterocycles. The second kappa shape index (κ2) is 5.38. The van der Waals surface area contributed by atoms with Gasteiger partial charge in [0.2, 0.25) is 5.91 Å². The number of piperidine rings is 1. The molecule has 1 amide bonds. The molecule has 72 valence electrons. The Morgan fingerprint density at radius 2 is 2.00 bits per heavy atom. The Bertz CT molecular complexity index is 144. The summed E-state index contributed by atoms with van der Waals surface area (Å²) in [6, 6.07) is 0. The van der Waals surface area contributed by atoms with Crippen LogP contribution in [0.25, 0.3) is 0 Å². The molecule has 3 nitrogen and oxygen atoms in total. The minimum Gasteiger partial charge on any atom is -0.393 e. The molecular formula is C8H16ClNO2. The number of amides is 1. The summed E-state index contributed by atoms with van der Waals surface area (Å²) in [4.78, 5) is 12.9. The molecule has 0 unspecified atom stereocenters. The van der Waals surface area contributed by atoms with E-state index in [2.05, 4.69) is 0 Å². The lowest BCUT2D eigenvalue weighted by Gasteiger charge is -2.29. The third-order valence-electron chi connectivity index (χ3n) is 2.12. The average Bonchev–Trinajstić information content (AvgIpc) is 2.05. The Morgan fingerprint density at radius 3 is 2.42 bits per heavy atom. The molecular weight excluding hydrogens is 178 g/mol. The Hall–Kier alpha value is -0.280. The SMILES string of the molecule is CCC(=O)N1CCC(O)CC1.Cl. The monoisotopic (exact) mass is 193 g/mol. The molecule has 1 heterocycles. The van der Waals surface area contributed by atoms with E-state index in [0.29, 0.717) is 6.42 Å². The van der Waals surface area contributed by atoms with Crippen LogP contribution in [0, 0.1) is 0 Å². The summed E-state index contributed by atoms with van der Waals surface area (Å²) in [6.45, 7) is 3.33. The summed E-state index contributed by atoms with van der Waals surface area (Å²) in [5, 5.41) is 9.14. The molecule has 1 rings (SSSR count). The number of carbonyl (C=O) groups excluding carboxylic acids is 1. The van der Waals surface area contributed by atoms with Crippen molar-refractivity contribution in [1.82, 2.24) is 4.90 Å². The van der Waals surface area contributed by atoms with Gasteiger partial charge in [-0.1, -0.05) is 6.92 Å². The zero-order valence-electron chi connectivity index (χ0n) is 7.32. The quantitative estimate of drug-likeness (QED) is 0.670.